The predicted molar refractivity (Wildman–Crippen MR) is 91.2 cm³/mol. The molecule has 1 aliphatic heterocycles. The van der Waals surface area contributed by atoms with E-state index in [1.54, 1.807) is 24.3 Å². The maximum atomic E-state index is 12.0. The van der Waals surface area contributed by atoms with Crippen molar-refractivity contribution in [2.45, 2.75) is 13.3 Å². The average molecular weight is 326 g/mol. The highest BCUT2D eigenvalue weighted by molar-refractivity contribution is 5.95. The third-order valence-corrected chi connectivity index (χ3v) is 3.66. The lowest BCUT2D eigenvalue weighted by Crippen LogP contribution is -2.08. The zero-order valence-electron chi connectivity index (χ0n) is 14.4. The van der Waals surface area contributed by atoms with Gasteiger partial charge in [-0.3, -0.25) is 0 Å². The Morgan fingerprint density at radius 3 is 2.92 bits per heavy atom. The molecule has 0 spiro atoms. The van der Waals surface area contributed by atoms with Crippen molar-refractivity contribution >= 4 is 11.7 Å². The first kappa shape index (κ1) is 14.6. The Morgan fingerprint density at radius 2 is 2.08 bits per heavy atom. The lowest BCUT2D eigenvalue weighted by atomic mass is 10.1. The van der Waals surface area contributed by atoms with Crippen LogP contribution in [0.1, 0.15) is 24.2 Å². The van der Waals surface area contributed by atoms with Crippen molar-refractivity contribution < 1.29 is 20.4 Å². The molecule has 2 aromatic carbocycles. The molecule has 2 aromatic rings. The first-order chi connectivity index (χ1) is 12.0. The molecular weight excluding hydrogens is 306 g/mol. The molecule has 0 atom stereocenters. The van der Waals surface area contributed by atoms with Gasteiger partial charge in [-0.1, -0.05) is 23.8 Å². The third kappa shape index (κ3) is 3.68. The summed E-state index contributed by atoms with van der Waals surface area (Å²) in [7, 11) is 0. The summed E-state index contributed by atoms with van der Waals surface area (Å²) in [5.41, 5.74) is 8.24. The van der Waals surface area contributed by atoms with Gasteiger partial charge in [0.25, 0.3) is 0 Å². The van der Waals surface area contributed by atoms with Gasteiger partial charge in [0.1, 0.15) is 6.61 Å². The second-order valence-corrected chi connectivity index (χ2v) is 5.48. The highest BCUT2D eigenvalue weighted by atomic mass is 16.7. The van der Waals surface area contributed by atoms with Crippen molar-refractivity contribution in [3.8, 4) is 11.5 Å². The molecule has 5 heteroatoms. The van der Waals surface area contributed by atoms with Gasteiger partial charge in [-0.05, 0) is 49.2 Å². The monoisotopic (exact) mass is 326 g/mol. The Balaban J connectivity index is 1.62. The van der Waals surface area contributed by atoms with Crippen molar-refractivity contribution in [1.29, 1.82) is 0 Å². The first-order valence-corrected chi connectivity index (χ1v) is 7.60. The van der Waals surface area contributed by atoms with Crippen molar-refractivity contribution in [3.05, 3.63) is 65.2 Å². The second-order valence-electron chi connectivity index (χ2n) is 5.48. The van der Waals surface area contributed by atoms with E-state index in [1.165, 1.54) is 0 Å². The molecule has 5 nitrogen and oxygen atoms in total. The Hall–Kier alpha value is -2.95. The number of anilines is 1. The predicted octanol–water partition coefficient (Wildman–Crippen LogP) is 3.34. The van der Waals surface area contributed by atoms with E-state index < -0.39 is 5.97 Å². The number of rotatable bonds is 5. The Bertz CT molecular complexity index is 832. The minimum atomic E-state index is -0.529. The summed E-state index contributed by atoms with van der Waals surface area (Å²) in [5, 5.41) is 0. The number of hydrogen-bond donors (Lipinski definition) is 1. The van der Waals surface area contributed by atoms with E-state index in [4.69, 9.17) is 21.3 Å². The van der Waals surface area contributed by atoms with Crippen LogP contribution in [0.5, 0.6) is 11.5 Å². The van der Waals surface area contributed by atoms with Crippen LogP contribution < -0.4 is 15.2 Å². The van der Waals surface area contributed by atoms with Crippen LogP contribution in [0.3, 0.4) is 0 Å². The van der Waals surface area contributed by atoms with Crippen molar-refractivity contribution in [3.63, 3.8) is 0 Å². The lowest BCUT2D eigenvalue weighted by molar-refractivity contribution is 0.0550. The molecule has 0 bridgehead atoms. The average Bonchev–Trinajstić information content (AvgIpc) is 3.07. The topological polar surface area (TPSA) is 70.8 Å². The standard InChI is InChI=1S/C19H19NO4/c1-13(10-14-6-7-17-18(11-14)24-12-23-17)8-9-22-19(21)15-4-2-3-5-16(15)20/h2-8,11H,9-10,12,20H2,1H3/i8D. The van der Waals surface area contributed by atoms with Crippen LogP contribution in [0.25, 0.3) is 0 Å². The fourth-order valence-electron chi connectivity index (χ4n) is 2.41. The Labute approximate surface area is 142 Å². The number of esters is 1. The van der Waals surface area contributed by atoms with E-state index in [0.29, 0.717) is 23.4 Å². The van der Waals surface area contributed by atoms with E-state index in [1.807, 2.05) is 25.1 Å². The molecule has 124 valence electrons. The SMILES string of the molecule is [2H]C(COC(=O)c1ccccc1N)=C(C)Cc1ccc2c(c1)OCO2. The van der Waals surface area contributed by atoms with Crippen LogP contribution in [0, 0.1) is 0 Å². The molecule has 2 N–H and O–H groups in total. The van der Waals surface area contributed by atoms with Crippen LogP contribution in [-0.2, 0) is 11.2 Å². The van der Waals surface area contributed by atoms with Gasteiger partial charge in [-0.25, -0.2) is 4.79 Å². The quantitative estimate of drug-likeness (QED) is 0.518. The van der Waals surface area contributed by atoms with Gasteiger partial charge in [0, 0.05) is 5.69 Å². The van der Waals surface area contributed by atoms with E-state index in [-0.39, 0.29) is 19.5 Å². The van der Waals surface area contributed by atoms with Gasteiger partial charge in [-0.15, -0.1) is 0 Å². The maximum absolute atomic E-state index is 12.0. The van der Waals surface area contributed by atoms with E-state index in [9.17, 15) is 4.79 Å². The zero-order valence-corrected chi connectivity index (χ0v) is 13.4. The summed E-state index contributed by atoms with van der Waals surface area (Å²) in [6, 6.07) is 12.7. The summed E-state index contributed by atoms with van der Waals surface area (Å²) in [5.74, 6) is 0.910. The molecule has 0 aliphatic carbocycles. The Kier molecular flexibility index (Phi) is 4.32. The smallest absolute Gasteiger partial charge is 0.340 e. The van der Waals surface area contributed by atoms with E-state index in [0.717, 1.165) is 16.9 Å². The molecule has 0 radical (unpaired) electrons. The number of fused-ring (bicyclic) bond motifs is 1. The van der Waals surface area contributed by atoms with Crippen LogP contribution in [0.15, 0.2) is 54.1 Å². The van der Waals surface area contributed by atoms with Gasteiger partial charge < -0.3 is 19.9 Å². The molecule has 0 saturated heterocycles. The lowest BCUT2D eigenvalue weighted by Gasteiger charge is -2.06. The number of nitrogen functional groups attached to an aromatic ring is 1. The van der Waals surface area contributed by atoms with Gasteiger partial charge in [0.2, 0.25) is 6.79 Å². The summed E-state index contributed by atoms with van der Waals surface area (Å²) in [4.78, 5) is 12.0. The molecule has 1 heterocycles. The first-order valence-electron chi connectivity index (χ1n) is 8.10. The second kappa shape index (κ2) is 7.08. The summed E-state index contributed by atoms with van der Waals surface area (Å²) in [6.45, 7) is 1.98. The summed E-state index contributed by atoms with van der Waals surface area (Å²) in [6.07, 6.45) is 0.570. The normalized spacial score (nSPS) is 14.0. The molecule has 24 heavy (non-hydrogen) atoms. The van der Waals surface area contributed by atoms with E-state index in [2.05, 4.69) is 0 Å². The number of para-hydroxylation sites is 1. The molecular formula is C19H19NO4. The summed E-state index contributed by atoms with van der Waals surface area (Å²) < 4.78 is 23.9. The van der Waals surface area contributed by atoms with Crippen LogP contribution >= 0.6 is 0 Å². The van der Waals surface area contributed by atoms with E-state index >= 15 is 0 Å². The van der Waals surface area contributed by atoms with Crippen LogP contribution in [-0.4, -0.2) is 19.4 Å². The number of nitrogens with two attached hydrogens (primary N) is 1. The largest absolute Gasteiger partial charge is 0.458 e. The number of allylic oxidation sites excluding steroid dienone is 1. The van der Waals surface area contributed by atoms with Crippen molar-refractivity contribution in [1.82, 2.24) is 0 Å². The van der Waals surface area contributed by atoms with Crippen molar-refractivity contribution in [2.75, 3.05) is 19.1 Å². The molecule has 0 unspecified atom stereocenters. The molecule has 0 saturated carbocycles. The number of ether oxygens (including phenoxy) is 3. The Morgan fingerprint density at radius 1 is 1.29 bits per heavy atom. The zero-order chi connectivity index (χ0) is 17.8. The number of carbonyl (C=O) groups is 1. The number of hydrogen-bond acceptors (Lipinski definition) is 5. The minimum Gasteiger partial charge on any atom is -0.458 e. The minimum absolute atomic E-state index is 0.0937. The van der Waals surface area contributed by atoms with Crippen LogP contribution in [0.2, 0.25) is 0 Å². The number of carbonyl (C=O) groups excluding carboxylic acids is 1. The molecule has 1 aliphatic rings. The van der Waals surface area contributed by atoms with Crippen molar-refractivity contribution in [2.24, 2.45) is 0 Å². The fraction of sp³-hybridized carbons (Fsp3) is 0.211. The maximum Gasteiger partial charge on any atom is 0.340 e. The van der Waals surface area contributed by atoms with Crippen LogP contribution in [0.4, 0.5) is 5.69 Å². The van der Waals surface area contributed by atoms with Gasteiger partial charge in [-0.2, -0.15) is 0 Å². The molecule has 0 amide bonds. The van der Waals surface area contributed by atoms with Gasteiger partial charge in [0.15, 0.2) is 11.5 Å². The molecule has 0 fully saturated rings. The molecule has 0 aromatic heterocycles. The summed E-state index contributed by atoms with van der Waals surface area (Å²) >= 11 is 0. The highest BCUT2D eigenvalue weighted by Crippen LogP contribution is 2.33. The number of benzene rings is 2. The van der Waals surface area contributed by atoms with Gasteiger partial charge >= 0.3 is 5.97 Å². The fourth-order valence-corrected chi connectivity index (χ4v) is 2.41. The third-order valence-electron chi connectivity index (χ3n) is 3.66. The highest BCUT2D eigenvalue weighted by Gasteiger charge is 2.13. The molecule has 3 rings (SSSR count). The van der Waals surface area contributed by atoms with Gasteiger partial charge in [0.05, 0.1) is 6.93 Å².